The lowest BCUT2D eigenvalue weighted by Crippen LogP contribution is -2.14. The number of carbonyl (C=O) groups is 1. The highest BCUT2D eigenvalue weighted by molar-refractivity contribution is 7.92. The maximum absolute atomic E-state index is 13.0. The number of benzene rings is 2. The van der Waals surface area contributed by atoms with Crippen LogP contribution in [0.5, 0.6) is 11.5 Å². The van der Waals surface area contributed by atoms with Crippen molar-refractivity contribution in [2.24, 2.45) is 0 Å². The Hall–Kier alpha value is -4.06. The third kappa shape index (κ3) is 4.53. The lowest BCUT2D eigenvalue weighted by molar-refractivity contribution is 0.0526. The minimum absolute atomic E-state index is 0.0204. The summed E-state index contributed by atoms with van der Waals surface area (Å²) in [6.45, 7) is 2.30. The van der Waals surface area contributed by atoms with Crippen molar-refractivity contribution in [2.75, 3.05) is 25.5 Å². The third-order valence-corrected chi connectivity index (χ3v) is 6.27. The molecule has 2 heterocycles. The van der Waals surface area contributed by atoms with E-state index in [0.29, 0.717) is 28.8 Å². The molecule has 34 heavy (non-hydrogen) atoms. The van der Waals surface area contributed by atoms with Gasteiger partial charge in [-0.15, -0.1) is 0 Å². The van der Waals surface area contributed by atoms with Gasteiger partial charge in [-0.1, -0.05) is 17.3 Å². The minimum atomic E-state index is -4.02. The average Bonchev–Trinajstić information content (AvgIpc) is 3.46. The number of ether oxygens (including phenoxy) is 3. The summed E-state index contributed by atoms with van der Waals surface area (Å²) in [4.78, 5) is 11.8. The van der Waals surface area contributed by atoms with Crippen molar-refractivity contribution in [3.8, 4) is 11.5 Å². The number of esters is 1. The molecule has 4 aromatic rings. The summed E-state index contributed by atoms with van der Waals surface area (Å²) >= 11 is 0. The van der Waals surface area contributed by atoms with Gasteiger partial charge in [0, 0.05) is 6.20 Å². The van der Waals surface area contributed by atoms with Gasteiger partial charge in [0.1, 0.15) is 21.8 Å². The fourth-order valence-corrected chi connectivity index (χ4v) is 4.57. The zero-order valence-electron chi connectivity index (χ0n) is 18.6. The van der Waals surface area contributed by atoms with Gasteiger partial charge in [-0.2, -0.15) is 5.10 Å². The molecule has 2 aromatic carbocycles. The van der Waals surface area contributed by atoms with Crippen LogP contribution in [0.3, 0.4) is 0 Å². The molecule has 11 nitrogen and oxygen atoms in total. The first-order valence-corrected chi connectivity index (χ1v) is 11.7. The Morgan fingerprint density at radius 2 is 1.91 bits per heavy atom. The van der Waals surface area contributed by atoms with E-state index in [9.17, 15) is 13.2 Å². The Bertz CT molecular complexity index is 1440. The number of aromatic nitrogens is 3. The Morgan fingerprint density at radius 3 is 2.65 bits per heavy atom. The van der Waals surface area contributed by atoms with E-state index in [4.69, 9.17) is 18.7 Å². The molecule has 0 radical (unpaired) electrons. The highest BCUT2D eigenvalue weighted by Gasteiger charge is 2.24. The second-order valence-corrected chi connectivity index (χ2v) is 8.76. The maximum Gasteiger partial charge on any atom is 0.341 e. The maximum atomic E-state index is 13.0. The van der Waals surface area contributed by atoms with Crippen LogP contribution in [0.1, 0.15) is 22.8 Å². The number of hydrogen-bond acceptors (Lipinski definition) is 9. The zero-order chi connectivity index (χ0) is 24.3. The lowest BCUT2D eigenvalue weighted by Gasteiger charge is -2.11. The monoisotopic (exact) mass is 486 g/mol. The van der Waals surface area contributed by atoms with E-state index in [1.165, 1.54) is 26.5 Å². The molecule has 0 unspecified atom stereocenters. The summed E-state index contributed by atoms with van der Waals surface area (Å²) < 4.78 is 51.0. The van der Waals surface area contributed by atoms with Gasteiger partial charge in [0.15, 0.2) is 11.4 Å². The van der Waals surface area contributed by atoms with Crippen LogP contribution in [-0.4, -0.2) is 50.2 Å². The Morgan fingerprint density at radius 1 is 1.15 bits per heavy atom. The van der Waals surface area contributed by atoms with Crippen LogP contribution < -0.4 is 14.2 Å². The third-order valence-electron chi connectivity index (χ3n) is 4.90. The van der Waals surface area contributed by atoms with Crippen molar-refractivity contribution in [1.29, 1.82) is 0 Å². The van der Waals surface area contributed by atoms with Gasteiger partial charge in [-0.25, -0.2) is 13.2 Å². The van der Waals surface area contributed by atoms with Gasteiger partial charge in [0.25, 0.3) is 10.0 Å². The molecule has 0 amide bonds. The molecule has 0 spiro atoms. The van der Waals surface area contributed by atoms with Crippen LogP contribution in [0.4, 0.5) is 5.82 Å². The first kappa shape index (κ1) is 23.1. The summed E-state index contributed by atoms with van der Waals surface area (Å²) in [5.74, 6) is 0.0692. The van der Waals surface area contributed by atoms with E-state index in [1.54, 1.807) is 48.1 Å². The number of nitrogens with zero attached hydrogens (tertiary/aromatic N) is 3. The van der Waals surface area contributed by atoms with E-state index in [1.807, 2.05) is 0 Å². The number of methoxy groups -OCH3 is 2. The number of hydrogen-bond donors (Lipinski definition) is 1. The second kappa shape index (κ2) is 9.43. The number of sulfonamides is 1. The smallest absolute Gasteiger partial charge is 0.341 e. The molecule has 0 bridgehead atoms. The zero-order valence-corrected chi connectivity index (χ0v) is 19.5. The van der Waals surface area contributed by atoms with Crippen LogP contribution in [0.25, 0.3) is 11.0 Å². The van der Waals surface area contributed by atoms with Crippen molar-refractivity contribution in [3.63, 3.8) is 0 Å². The largest absolute Gasteiger partial charge is 0.496 e. The Kier molecular flexibility index (Phi) is 6.41. The molecule has 178 valence electrons. The van der Waals surface area contributed by atoms with E-state index >= 15 is 0 Å². The first-order valence-electron chi connectivity index (χ1n) is 10.2. The number of carbonyl (C=O) groups excluding carboxylic acids is 1. The Labute approximate surface area is 195 Å². The molecule has 0 saturated heterocycles. The van der Waals surface area contributed by atoms with Gasteiger partial charge in [-0.05, 0) is 36.8 Å². The van der Waals surface area contributed by atoms with Gasteiger partial charge >= 0.3 is 5.97 Å². The van der Waals surface area contributed by atoms with Gasteiger partial charge in [0.05, 0.1) is 39.1 Å². The molecule has 0 saturated carbocycles. The van der Waals surface area contributed by atoms with Gasteiger partial charge < -0.3 is 18.7 Å². The van der Waals surface area contributed by atoms with Crippen LogP contribution in [0.15, 0.2) is 58.2 Å². The van der Waals surface area contributed by atoms with Crippen molar-refractivity contribution < 1.29 is 31.9 Å². The summed E-state index contributed by atoms with van der Waals surface area (Å²) in [5.41, 5.74) is 1.38. The second-order valence-electron chi connectivity index (χ2n) is 7.11. The predicted molar refractivity (Wildman–Crippen MR) is 122 cm³/mol. The quantitative estimate of drug-likeness (QED) is 0.354. The summed E-state index contributed by atoms with van der Waals surface area (Å²) in [5, 5.41) is 8.43. The number of para-hydroxylation sites is 1. The van der Waals surface area contributed by atoms with E-state index in [0.717, 1.165) is 5.56 Å². The highest BCUT2D eigenvalue weighted by atomic mass is 32.2. The average molecular weight is 487 g/mol. The predicted octanol–water partition coefficient (Wildman–Crippen LogP) is 3.07. The highest BCUT2D eigenvalue weighted by Crippen LogP contribution is 2.35. The van der Waals surface area contributed by atoms with Crippen LogP contribution in [-0.2, 0) is 21.3 Å². The van der Waals surface area contributed by atoms with Gasteiger partial charge in [-0.3, -0.25) is 9.40 Å². The minimum Gasteiger partial charge on any atom is -0.496 e. The Balaban J connectivity index is 1.64. The van der Waals surface area contributed by atoms with E-state index < -0.39 is 16.0 Å². The van der Waals surface area contributed by atoms with Crippen molar-refractivity contribution in [3.05, 3.63) is 59.9 Å². The van der Waals surface area contributed by atoms with Crippen molar-refractivity contribution >= 4 is 32.8 Å². The molecular formula is C22H22N4O7S. The number of rotatable bonds is 9. The molecule has 2 aromatic heterocycles. The fraction of sp³-hybridized carbons (Fsp3) is 0.227. The van der Waals surface area contributed by atoms with Crippen molar-refractivity contribution in [2.45, 2.75) is 18.4 Å². The van der Waals surface area contributed by atoms with Crippen molar-refractivity contribution in [1.82, 2.24) is 14.9 Å². The van der Waals surface area contributed by atoms with E-state index in [2.05, 4.69) is 15.0 Å². The SMILES string of the molecule is CCOC(=O)c1cnn(Cc2cc(OC)c3c(NS(=O)(=O)c4ccccc4OC)noc3c2)c1. The summed E-state index contributed by atoms with van der Waals surface area (Å²) in [6, 6.07) is 9.64. The molecule has 0 aliphatic rings. The molecule has 4 rings (SSSR count). The summed E-state index contributed by atoms with van der Waals surface area (Å²) in [6.07, 6.45) is 2.99. The molecule has 1 N–H and O–H groups in total. The summed E-state index contributed by atoms with van der Waals surface area (Å²) in [7, 11) is -1.18. The number of anilines is 1. The van der Waals surface area contributed by atoms with Crippen LogP contribution in [0, 0.1) is 0 Å². The lowest BCUT2D eigenvalue weighted by atomic mass is 10.1. The van der Waals surface area contributed by atoms with E-state index in [-0.39, 0.29) is 23.1 Å². The number of fused-ring (bicyclic) bond motifs is 1. The van der Waals surface area contributed by atoms with Gasteiger partial charge in [0.2, 0.25) is 0 Å². The fourth-order valence-electron chi connectivity index (χ4n) is 3.39. The number of nitrogens with one attached hydrogen (secondary N) is 1. The molecule has 0 aliphatic carbocycles. The van der Waals surface area contributed by atoms with Crippen LogP contribution >= 0.6 is 0 Å². The molecule has 0 aliphatic heterocycles. The molecule has 0 fully saturated rings. The molecule has 12 heteroatoms. The van der Waals surface area contributed by atoms with Crippen LogP contribution in [0.2, 0.25) is 0 Å². The first-order chi connectivity index (χ1) is 16.4. The standard InChI is InChI=1S/C22H22N4O7S/c1-4-32-22(27)15-11-23-26(13-15)12-14-9-17(31-3)20-18(10-14)33-24-21(20)25-34(28,29)19-8-6-5-7-16(19)30-2/h5-11,13H,4,12H2,1-3H3,(H,24,25). The molecule has 0 atom stereocenters. The molecular weight excluding hydrogens is 464 g/mol. The normalized spacial score (nSPS) is 11.4. The topological polar surface area (TPSA) is 135 Å².